The van der Waals surface area contributed by atoms with Gasteiger partial charge in [-0.1, -0.05) is 35.9 Å². The Morgan fingerprint density at radius 3 is 2.42 bits per heavy atom. The van der Waals surface area contributed by atoms with Crippen molar-refractivity contribution in [3.05, 3.63) is 89.2 Å². The van der Waals surface area contributed by atoms with Gasteiger partial charge in [0.15, 0.2) is 0 Å². The summed E-state index contributed by atoms with van der Waals surface area (Å²) >= 11 is 0. The Labute approximate surface area is 149 Å². The summed E-state index contributed by atoms with van der Waals surface area (Å²) < 4.78 is 27.5. The maximum absolute atomic E-state index is 13.7. The summed E-state index contributed by atoms with van der Waals surface area (Å²) in [6.07, 6.45) is 1.40. The molecule has 2 N–H and O–H groups in total. The van der Waals surface area contributed by atoms with Crippen molar-refractivity contribution in [2.24, 2.45) is 0 Å². The van der Waals surface area contributed by atoms with Gasteiger partial charge in [-0.2, -0.15) is 0 Å². The fourth-order valence-corrected chi connectivity index (χ4v) is 2.37. The molecule has 0 saturated heterocycles. The maximum Gasteiger partial charge on any atom is 0.270 e. The number of carbonyl (C=O) groups excluding carboxylic acids is 1. The van der Waals surface area contributed by atoms with Crippen molar-refractivity contribution in [1.82, 2.24) is 10.3 Å². The molecule has 0 bridgehead atoms. The number of halogens is 2. The maximum atomic E-state index is 13.7. The van der Waals surface area contributed by atoms with Gasteiger partial charge in [-0.05, 0) is 36.8 Å². The summed E-state index contributed by atoms with van der Waals surface area (Å²) in [5.41, 5.74) is 2.35. The number of anilines is 2. The van der Waals surface area contributed by atoms with Crippen molar-refractivity contribution >= 4 is 17.3 Å². The van der Waals surface area contributed by atoms with Gasteiger partial charge in [0.1, 0.15) is 23.0 Å². The highest BCUT2D eigenvalue weighted by Crippen LogP contribution is 2.23. The predicted octanol–water partition coefficient (Wildman–Crippen LogP) is 4.34. The van der Waals surface area contributed by atoms with E-state index in [2.05, 4.69) is 15.6 Å². The molecule has 3 rings (SSSR count). The number of aromatic nitrogens is 1. The van der Waals surface area contributed by atoms with Gasteiger partial charge in [-0.3, -0.25) is 9.78 Å². The van der Waals surface area contributed by atoms with Crippen LogP contribution in [0.4, 0.5) is 20.2 Å². The summed E-state index contributed by atoms with van der Waals surface area (Å²) in [7, 11) is 0. The molecular formula is C20H17F2N3O. The normalized spacial score (nSPS) is 10.4. The van der Waals surface area contributed by atoms with Crippen LogP contribution in [0, 0.1) is 18.6 Å². The number of carbonyl (C=O) groups is 1. The number of hydrogen-bond donors (Lipinski definition) is 2. The number of benzene rings is 2. The number of nitrogens with zero attached hydrogens (tertiary/aromatic N) is 1. The Hall–Kier alpha value is -3.28. The third-order valence-electron chi connectivity index (χ3n) is 3.80. The fourth-order valence-electron chi connectivity index (χ4n) is 2.37. The Morgan fingerprint density at radius 1 is 1.04 bits per heavy atom. The molecule has 0 aliphatic carbocycles. The average molecular weight is 353 g/mol. The van der Waals surface area contributed by atoms with Gasteiger partial charge in [0, 0.05) is 18.4 Å². The van der Waals surface area contributed by atoms with E-state index in [1.54, 1.807) is 0 Å². The quantitative estimate of drug-likeness (QED) is 0.717. The zero-order valence-corrected chi connectivity index (χ0v) is 14.1. The highest BCUT2D eigenvalue weighted by molar-refractivity contribution is 5.93. The van der Waals surface area contributed by atoms with Gasteiger partial charge in [0.05, 0.1) is 0 Å². The largest absolute Gasteiger partial charge is 0.351 e. The van der Waals surface area contributed by atoms with E-state index in [0.29, 0.717) is 12.2 Å². The molecule has 3 aromatic rings. The minimum Gasteiger partial charge on any atom is -0.351 e. The minimum absolute atomic E-state index is 0.152. The molecule has 0 radical (unpaired) electrons. The first-order valence-electron chi connectivity index (χ1n) is 8.04. The Balaban J connectivity index is 1.70. The van der Waals surface area contributed by atoms with E-state index < -0.39 is 11.6 Å². The Kier molecular flexibility index (Phi) is 5.22. The van der Waals surface area contributed by atoms with Crippen molar-refractivity contribution in [3.8, 4) is 0 Å². The number of amides is 1. The lowest BCUT2D eigenvalue weighted by atomic mass is 10.1. The highest BCUT2D eigenvalue weighted by atomic mass is 19.1. The van der Waals surface area contributed by atoms with Gasteiger partial charge in [0.2, 0.25) is 0 Å². The summed E-state index contributed by atoms with van der Waals surface area (Å²) in [6, 6.07) is 14.4. The Morgan fingerprint density at radius 2 is 1.73 bits per heavy atom. The van der Waals surface area contributed by atoms with Gasteiger partial charge in [-0.15, -0.1) is 0 Å². The van der Waals surface area contributed by atoms with Crippen LogP contribution >= 0.6 is 0 Å². The first-order valence-corrected chi connectivity index (χ1v) is 8.04. The van der Waals surface area contributed by atoms with Crippen molar-refractivity contribution in [2.45, 2.75) is 13.5 Å². The lowest BCUT2D eigenvalue weighted by molar-refractivity contribution is 0.0946. The van der Waals surface area contributed by atoms with Crippen LogP contribution in [0.3, 0.4) is 0 Å². The molecule has 2 aromatic carbocycles. The molecule has 0 spiro atoms. The number of para-hydroxylation sites is 1. The van der Waals surface area contributed by atoms with Crippen LogP contribution in [0.25, 0.3) is 0 Å². The van der Waals surface area contributed by atoms with Crippen LogP contribution in [0.15, 0.2) is 60.8 Å². The van der Waals surface area contributed by atoms with Crippen LogP contribution < -0.4 is 10.6 Å². The van der Waals surface area contributed by atoms with E-state index in [-0.39, 0.29) is 17.3 Å². The molecule has 1 aromatic heterocycles. The number of pyridine rings is 1. The summed E-state index contributed by atoms with van der Waals surface area (Å²) in [4.78, 5) is 16.3. The van der Waals surface area contributed by atoms with E-state index in [0.717, 1.165) is 23.3 Å². The third-order valence-corrected chi connectivity index (χ3v) is 3.80. The molecule has 0 unspecified atom stereocenters. The zero-order chi connectivity index (χ0) is 18.5. The molecule has 0 aliphatic heterocycles. The van der Waals surface area contributed by atoms with E-state index in [9.17, 15) is 13.6 Å². The molecule has 4 nitrogen and oxygen atoms in total. The predicted molar refractivity (Wildman–Crippen MR) is 96.2 cm³/mol. The van der Waals surface area contributed by atoms with Crippen LogP contribution in [-0.4, -0.2) is 10.9 Å². The molecule has 132 valence electrons. The first-order chi connectivity index (χ1) is 12.5. The molecule has 0 saturated carbocycles. The number of nitrogens with one attached hydrogen (secondary N) is 2. The summed E-state index contributed by atoms with van der Waals surface area (Å²) in [5.74, 6) is -1.80. The van der Waals surface area contributed by atoms with Gasteiger partial charge in [0.25, 0.3) is 5.91 Å². The highest BCUT2D eigenvalue weighted by Gasteiger charge is 2.11. The van der Waals surface area contributed by atoms with E-state index >= 15 is 0 Å². The van der Waals surface area contributed by atoms with Crippen molar-refractivity contribution < 1.29 is 13.6 Å². The second-order valence-corrected chi connectivity index (χ2v) is 5.82. The zero-order valence-electron chi connectivity index (χ0n) is 14.1. The first kappa shape index (κ1) is 17.5. The van der Waals surface area contributed by atoms with Crippen molar-refractivity contribution in [1.29, 1.82) is 0 Å². The lowest BCUT2D eigenvalue weighted by Crippen LogP contribution is -2.23. The molecule has 0 aliphatic rings. The topological polar surface area (TPSA) is 54.0 Å². The van der Waals surface area contributed by atoms with Crippen LogP contribution in [0.1, 0.15) is 21.6 Å². The monoisotopic (exact) mass is 353 g/mol. The minimum atomic E-state index is -0.716. The van der Waals surface area contributed by atoms with E-state index in [1.807, 2.05) is 31.2 Å². The van der Waals surface area contributed by atoms with Crippen molar-refractivity contribution in [3.63, 3.8) is 0 Å². The smallest absolute Gasteiger partial charge is 0.270 e. The number of aryl methyl sites for hydroxylation is 1. The van der Waals surface area contributed by atoms with Crippen LogP contribution in [-0.2, 0) is 6.54 Å². The third kappa shape index (κ3) is 4.22. The molecule has 0 atom stereocenters. The second-order valence-electron chi connectivity index (χ2n) is 5.82. The van der Waals surface area contributed by atoms with Crippen molar-refractivity contribution in [2.75, 3.05) is 5.32 Å². The van der Waals surface area contributed by atoms with E-state index in [4.69, 9.17) is 0 Å². The molecule has 1 amide bonds. The summed E-state index contributed by atoms with van der Waals surface area (Å²) in [5, 5.41) is 5.42. The average Bonchev–Trinajstić information content (AvgIpc) is 2.64. The van der Waals surface area contributed by atoms with Crippen LogP contribution in [0.5, 0.6) is 0 Å². The van der Waals surface area contributed by atoms with E-state index in [1.165, 1.54) is 24.4 Å². The molecule has 0 fully saturated rings. The molecule has 26 heavy (non-hydrogen) atoms. The molecule has 6 heteroatoms. The number of rotatable bonds is 5. The standard InChI is InChI=1S/C20H17F2N3O/c1-13-5-7-14(8-6-13)12-24-20(26)18-11-15(9-10-23-18)25-19-16(21)3-2-4-17(19)22/h2-11H,12H2,1H3,(H,23,25)(H,24,26). The lowest BCUT2D eigenvalue weighted by Gasteiger charge is -2.10. The SMILES string of the molecule is Cc1ccc(CNC(=O)c2cc(Nc3c(F)cccc3F)ccn2)cc1. The second kappa shape index (κ2) is 7.74. The van der Waals surface area contributed by atoms with Crippen LogP contribution in [0.2, 0.25) is 0 Å². The summed E-state index contributed by atoms with van der Waals surface area (Å²) in [6.45, 7) is 2.35. The van der Waals surface area contributed by atoms with Gasteiger partial charge < -0.3 is 10.6 Å². The Bertz CT molecular complexity index is 906. The van der Waals surface area contributed by atoms with Gasteiger partial charge >= 0.3 is 0 Å². The number of hydrogen-bond acceptors (Lipinski definition) is 3. The van der Waals surface area contributed by atoms with Gasteiger partial charge in [-0.25, -0.2) is 8.78 Å². The fraction of sp³-hybridized carbons (Fsp3) is 0.100. The molecular weight excluding hydrogens is 336 g/mol. The molecule has 1 heterocycles.